The van der Waals surface area contributed by atoms with E-state index in [0.29, 0.717) is 31.1 Å². The number of nitrogens with two attached hydrogens (primary N) is 1. The van der Waals surface area contributed by atoms with Gasteiger partial charge in [0.15, 0.2) is 0 Å². The van der Waals surface area contributed by atoms with Crippen molar-refractivity contribution < 1.29 is 4.74 Å². The van der Waals surface area contributed by atoms with Crippen molar-refractivity contribution in [3.05, 3.63) is 0 Å². The van der Waals surface area contributed by atoms with Crippen LogP contribution in [0.5, 0.6) is 0 Å². The van der Waals surface area contributed by atoms with Gasteiger partial charge >= 0.3 is 0 Å². The average molecular weight is 278 g/mol. The van der Waals surface area contributed by atoms with Crippen molar-refractivity contribution in [3.8, 4) is 0 Å². The summed E-state index contributed by atoms with van der Waals surface area (Å²) in [6.45, 7) is 7.31. The lowest BCUT2D eigenvalue weighted by Gasteiger charge is -2.31. The third-order valence-corrected chi connectivity index (χ3v) is 3.99. The van der Waals surface area contributed by atoms with E-state index < -0.39 is 0 Å². The molecule has 2 fully saturated rings. The van der Waals surface area contributed by atoms with Crippen LogP contribution in [0, 0.1) is 5.92 Å². The number of piperidine rings is 1. The SMILES string of the molecule is CC1CCN(c2nc(N)nc(N3CCOCC3)n2)CC1. The average Bonchev–Trinajstić information content (AvgIpc) is 2.48. The van der Waals surface area contributed by atoms with Gasteiger partial charge in [0.2, 0.25) is 17.8 Å². The van der Waals surface area contributed by atoms with E-state index in [4.69, 9.17) is 10.5 Å². The van der Waals surface area contributed by atoms with Crippen LogP contribution in [-0.4, -0.2) is 54.3 Å². The molecule has 110 valence electrons. The smallest absolute Gasteiger partial charge is 0.232 e. The summed E-state index contributed by atoms with van der Waals surface area (Å²) in [6.07, 6.45) is 2.36. The molecule has 0 saturated carbocycles. The normalized spacial score (nSPS) is 21.2. The number of nitrogens with zero attached hydrogens (tertiary/aromatic N) is 5. The number of hydrogen-bond donors (Lipinski definition) is 1. The van der Waals surface area contributed by atoms with E-state index >= 15 is 0 Å². The summed E-state index contributed by atoms with van der Waals surface area (Å²) in [6, 6.07) is 0. The Hall–Kier alpha value is -1.63. The molecular formula is C13H22N6O. The fourth-order valence-electron chi connectivity index (χ4n) is 2.62. The van der Waals surface area contributed by atoms with E-state index in [0.717, 1.165) is 32.1 Å². The fourth-order valence-corrected chi connectivity index (χ4v) is 2.62. The van der Waals surface area contributed by atoms with E-state index in [1.807, 2.05) is 0 Å². The van der Waals surface area contributed by atoms with Crippen LogP contribution in [-0.2, 0) is 4.74 Å². The molecule has 2 saturated heterocycles. The quantitative estimate of drug-likeness (QED) is 0.845. The fraction of sp³-hybridized carbons (Fsp3) is 0.769. The minimum atomic E-state index is 0.301. The lowest BCUT2D eigenvalue weighted by Crippen LogP contribution is -2.39. The third kappa shape index (κ3) is 2.92. The first-order chi connectivity index (χ1) is 9.72. The summed E-state index contributed by atoms with van der Waals surface area (Å²) in [5.41, 5.74) is 5.85. The topological polar surface area (TPSA) is 80.4 Å². The van der Waals surface area contributed by atoms with Crippen LogP contribution in [0.15, 0.2) is 0 Å². The molecule has 1 aromatic heterocycles. The molecule has 3 rings (SSSR count). The number of morpholine rings is 1. The third-order valence-electron chi connectivity index (χ3n) is 3.99. The van der Waals surface area contributed by atoms with E-state index in [9.17, 15) is 0 Å². The van der Waals surface area contributed by atoms with Crippen molar-refractivity contribution in [3.63, 3.8) is 0 Å². The Labute approximate surface area is 119 Å². The van der Waals surface area contributed by atoms with Crippen LogP contribution < -0.4 is 15.5 Å². The molecule has 0 unspecified atom stereocenters. The molecule has 20 heavy (non-hydrogen) atoms. The summed E-state index contributed by atoms with van der Waals surface area (Å²) < 4.78 is 5.36. The lowest BCUT2D eigenvalue weighted by atomic mass is 10.00. The van der Waals surface area contributed by atoms with Crippen LogP contribution in [0.25, 0.3) is 0 Å². The highest BCUT2D eigenvalue weighted by Crippen LogP contribution is 2.22. The molecule has 0 atom stereocenters. The van der Waals surface area contributed by atoms with Gasteiger partial charge in [0.1, 0.15) is 0 Å². The first-order valence-electron chi connectivity index (χ1n) is 7.31. The van der Waals surface area contributed by atoms with Crippen LogP contribution in [0.3, 0.4) is 0 Å². The molecule has 3 heterocycles. The van der Waals surface area contributed by atoms with E-state index in [1.54, 1.807) is 0 Å². The molecule has 0 spiro atoms. The number of aromatic nitrogens is 3. The Kier molecular flexibility index (Phi) is 3.86. The Bertz CT molecular complexity index is 454. The second-order valence-electron chi connectivity index (χ2n) is 5.56. The second kappa shape index (κ2) is 5.78. The van der Waals surface area contributed by atoms with Crippen LogP contribution >= 0.6 is 0 Å². The number of ether oxygens (including phenoxy) is 1. The predicted octanol–water partition coefficient (Wildman–Crippen LogP) is 0.527. The van der Waals surface area contributed by atoms with Gasteiger partial charge < -0.3 is 20.3 Å². The van der Waals surface area contributed by atoms with Gasteiger partial charge in [-0.15, -0.1) is 0 Å². The highest BCUT2D eigenvalue weighted by Gasteiger charge is 2.21. The Morgan fingerprint density at radius 3 is 2.10 bits per heavy atom. The zero-order valence-corrected chi connectivity index (χ0v) is 12.0. The van der Waals surface area contributed by atoms with Gasteiger partial charge in [0, 0.05) is 26.2 Å². The first-order valence-corrected chi connectivity index (χ1v) is 7.31. The molecule has 0 amide bonds. The summed E-state index contributed by atoms with van der Waals surface area (Å²) in [5, 5.41) is 0. The van der Waals surface area contributed by atoms with Gasteiger partial charge in [-0.25, -0.2) is 0 Å². The van der Waals surface area contributed by atoms with E-state index in [1.165, 1.54) is 12.8 Å². The molecule has 0 radical (unpaired) electrons. The molecule has 7 heteroatoms. The zero-order chi connectivity index (χ0) is 13.9. The molecule has 1 aromatic rings. The summed E-state index contributed by atoms with van der Waals surface area (Å²) >= 11 is 0. The zero-order valence-electron chi connectivity index (χ0n) is 12.0. The van der Waals surface area contributed by atoms with E-state index in [-0.39, 0.29) is 0 Å². The number of anilines is 3. The summed E-state index contributed by atoms with van der Waals surface area (Å²) in [5.74, 6) is 2.47. The lowest BCUT2D eigenvalue weighted by molar-refractivity contribution is 0.122. The van der Waals surface area contributed by atoms with Crippen molar-refractivity contribution in [2.75, 3.05) is 54.9 Å². The molecule has 2 aliphatic heterocycles. The first kappa shape index (κ1) is 13.4. The van der Waals surface area contributed by atoms with Crippen LogP contribution in [0.2, 0.25) is 0 Å². The predicted molar refractivity (Wildman–Crippen MR) is 77.9 cm³/mol. The molecule has 0 aliphatic carbocycles. The van der Waals surface area contributed by atoms with Gasteiger partial charge in [-0.3, -0.25) is 0 Å². The molecule has 2 aliphatic rings. The van der Waals surface area contributed by atoms with E-state index in [2.05, 4.69) is 31.7 Å². The van der Waals surface area contributed by atoms with Gasteiger partial charge in [-0.05, 0) is 18.8 Å². The van der Waals surface area contributed by atoms with Crippen molar-refractivity contribution in [1.29, 1.82) is 0 Å². The molecule has 2 N–H and O–H groups in total. The van der Waals surface area contributed by atoms with Crippen LogP contribution in [0.4, 0.5) is 17.8 Å². The van der Waals surface area contributed by atoms with Gasteiger partial charge in [-0.1, -0.05) is 6.92 Å². The highest BCUT2D eigenvalue weighted by molar-refractivity contribution is 5.44. The molecule has 7 nitrogen and oxygen atoms in total. The van der Waals surface area contributed by atoms with Crippen molar-refractivity contribution >= 4 is 17.8 Å². The minimum Gasteiger partial charge on any atom is -0.378 e. The maximum Gasteiger partial charge on any atom is 0.232 e. The maximum atomic E-state index is 5.85. The number of hydrogen-bond acceptors (Lipinski definition) is 7. The van der Waals surface area contributed by atoms with Crippen molar-refractivity contribution in [2.24, 2.45) is 5.92 Å². The minimum absolute atomic E-state index is 0.301. The number of rotatable bonds is 2. The molecular weight excluding hydrogens is 256 g/mol. The van der Waals surface area contributed by atoms with Gasteiger partial charge in [0.05, 0.1) is 13.2 Å². The maximum absolute atomic E-state index is 5.85. The standard InChI is InChI=1S/C13H22N6O/c1-10-2-4-18(5-3-10)12-15-11(14)16-13(17-12)19-6-8-20-9-7-19/h10H,2-9H2,1H3,(H2,14,15,16,17). The van der Waals surface area contributed by atoms with Crippen molar-refractivity contribution in [1.82, 2.24) is 15.0 Å². The molecule has 0 bridgehead atoms. The Balaban J connectivity index is 1.79. The monoisotopic (exact) mass is 278 g/mol. The van der Waals surface area contributed by atoms with Gasteiger partial charge in [-0.2, -0.15) is 15.0 Å². The van der Waals surface area contributed by atoms with Gasteiger partial charge in [0.25, 0.3) is 0 Å². The summed E-state index contributed by atoms with van der Waals surface area (Å²) in [7, 11) is 0. The Morgan fingerprint density at radius 2 is 1.50 bits per heavy atom. The second-order valence-corrected chi connectivity index (χ2v) is 5.56. The number of nitrogen functional groups attached to an aromatic ring is 1. The molecule has 0 aromatic carbocycles. The van der Waals surface area contributed by atoms with Crippen molar-refractivity contribution in [2.45, 2.75) is 19.8 Å². The largest absolute Gasteiger partial charge is 0.378 e. The Morgan fingerprint density at radius 1 is 0.950 bits per heavy atom. The summed E-state index contributed by atoms with van der Waals surface area (Å²) in [4.78, 5) is 17.5. The van der Waals surface area contributed by atoms with Crippen LogP contribution in [0.1, 0.15) is 19.8 Å². The highest BCUT2D eigenvalue weighted by atomic mass is 16.5.